The van der Waals surface area contributed by atoms with Crippen molar-refractivity contribution >= 4 is 15.9 Å². The number of aromatic nitrogens is 1. The van der Waals surface area contributed by atoms with Crippen LogP contribution in [0.4, 0.5) is 0 Å². The lowest BCUT2D eigenvalue weighted by atomic mass is 9.75. The zero-order chi connectivity index (χ0) is 14.5. The summed E-state index contributed by atoms with van der Waals surface area (Å²) in [7, 11) is 0. The van der Waals surface area contributed by atoms with Crippen LogP contribution in [0.3, 0.4) is 0 Å². The second kappa shape index (κ2) is 4.74. The molecule has 0 fully saturated rings. The predicted octanol–water partition coefficient (Wildman–Crippen LogP) is 4.55. The maximum atomic E-state index is 10.4. The van der Waals surface area contributed by atoms with E-state index >= 15 is 0 Å². The molecule has 1 atom stereocenters. The second-order valence-corrected chi connectivity index (χ2v) is 7.48. The number of hydrogen-bond acceptors (Lipinski definition) is 1. The highest BCUT2D eigenvalue weighted by Crippen LogP contribution is 2.42. The van der Waals surface area contributed by atoms with Crippen molar-refractivity contribution in [2.24, 2.45) is 5.41 Å². The summed E-state index contributed by atoms with van der Waals surface area (Å²) in [6.45, 7) is 6.57. The van der Waals surface area contributed by atoms with E-state index in [4.69, 9.17) is 0 Å². The number of benzene rings is 1. The molecule has 20 heavy (non-hydrogen) atoms. The molecule has 1 aliphatic rings. The zero-order valence-electron chi connectivity index (χ0n) is 12.2. The lowest BCUT2D eigenvalue weighted by molar-refractivity contribution is 0.0987. The van der Waals surface area contributed by atoms with Crippen LogP contribution < -0.4 is 0 Å². The molecule has 0 radical (unpaired) electrons. The first kappa shape index (κ1) is 13.9. The van der Waals surface area contributed by atoms with Gasteiger partial charge in [0.1, 0.15) is 0 Å². The van der Waals surface area contributed by atoms with E-state index < -0.39 is 0 Å². The monoisotopic (exact) mass is 333 g/mol. The molecule has 1 aromatic carbocycles. The number of aliphatic hydroxyl groups excluding tert-OH is 1. The van der Waals surface area contributed by atoms with Crippen LogP contribution in [0.5, 0.6) is 0 Å². The normalized spacial score (nSPS) is 20.8. The van der Waals surface area contributed by atoms with Gasteiger partial charge in [-0.05, 0) is 49.4 Å². The van der Waals surface area contributed by atoms with Gasteiger partial charge < -0.3 is 9.67 Å². The standard InChI is InChI=1S/C17H20BrNO/c1-11-7-14-15(9-17(2,3)10-16(14)20)19(11)13-6-4-5-12(18)8-13/h4-8,16,20H,9-10H2,1-3H3. The fourth-order valence-electron chi connectivity index (χ4n) is 3.32. The molecule has 1 unspecified atom stereocenters. The third kappa shape index (κ3) is 2.33. The van der Waals surface area contributed by atoms with Crippen molar-refractivity contribution in [3.63, 3.8) is 0 Å². The van der Waals surface area contributed by atoms with Gasteiger partial charge >= 0.3 is 0 Å². The first-order chi connectivity index (χ1) is 9.37. The number of nitrogens with zero attached hydrogens (tertiary/aromatic N) is 1. The number of rotatable bonds is 1. The molecule has 1 heterocycles. The Morgan fingerprint density at radius 2 is 2.05 bits per heavy atom. The molecule has 3 heteroatoms. The Bertz CT molecular complexity index is 657. The first-order valence-corrected chi connectivity index (χ1v) is 7.82. The summed E-state index contributed by atoms with van der Waals surface area (Å²) in [6, 6.07) is 10.5. The first-order valence-electron chi connectivity index (χ1n) is 7.02. The summed E-state index contributed by atoms with van der Waals surface area (Å²) < 4.78 is 3.36. The summed E-state index contributed by atoms with van der Waals surface area (Å²) in [5.74, 6) is 0. The van der Waals surface area contributed by atoms with Gasteiger partial charge in [0.2, 0.25) is 0 Å². The van der Waals surface area contributed by atoms with Crippen LogP contribution in [-0.2, 0) is 6.42 Å². The van der Waals surface area contributed by atoms with Crippen molar-refractivity contribution in [3.05, 3.63) is 51.8 Å². The minimum atomic E-state index is -0.346. The number of aryl methyl sites for hydroxylation is 1. The molecule has 0 saturated heterocycles. The molecule has 106 valence electrons. The minimum Gasteiger partial charge on any atom is -0.388 e. The van der Waals surface area contributed by atoms with Crippen molar-refractivity contribution in [1.82, 2.24) is 4.57 Å². The summed E-state index contributed by atoms with van der Waals surface area (Å²) >= 11 is 3.54. The SMILES string of the molecule is Cc1cc2c(n1-c1cccc(Br)c1)CC(C)(C)CC2O. The average molecular weight is 334 g/mol. The van der Waals surface area contributed by atoms with E-state index in [-0.39, 0.29) is 11.5 Å². The van der Waals surface area contributed by atoms with Crippen molar-refractivity contribution in [2.45, 2.75) is 39.7 Å². The topological polar surface area (TPSA) is 25.2 Å². The lowest BCUT2D eigenvalue weighted by Gasteiger charge is -2.34. The maximum absolute atomic E-state index is 10.4. The molecule has 1 N–H and O–H groups in total. The van der Waals surface area contributed by atoms with Crippen LogP contribution >= 0.6 is 15.9 Å². The van der Waals surface area contributed by atoms with Gasteiger partial charge in [0.25, 0.3) is 0 Å². The van der Waals surface area contributed by atoms with Gasteiger partial charge in [0, 0.05) is 27.1 Å². The van der Waals surface area contributed by atoms with Crippen molar-refractivity contribution in [2.75, 3.05) is 0 Å². The van der Waals surface area contributed by atoms with Gasteiger partial charge in [-0.2, -0.15) is 0 Å². The molecule has 3 rings (SSSR count). The molecule has 2 nitrogen and oxygen atoms in total. The number of hydrogen-bond donors (Lipinski definition) is 1. The van der Waals surface area contributed by atoms with Crippen LogP contribution in [0.25, 0.3) is 5.69 Å². The Labute approximate surface area is 128 Å². The molecule has 0 saturated carbocycles. The molecule has 0 bridgehead atoms. The second-order valence-electron chi connectivity index (χ2n) is 6.56. The molecule has 1 aromatic heterocycles. The van der Waals surface area contributed by atoms with Crippen LogP contribution in [0.2, 0.25) is 0 Å². The number of aliphatic hydroxyl groups is 1. The van der Waals surface area contributed by atoms with E-state index in [2.05, 4.69) is 65.5 Å². The Morgan fingerprint density at radius 3 is 2.75 bits per heavy atom. The van der Waals surface area contributed by atoms with Crippen molar-refractivity contribution in [3.8, 4) is 5.69 Å². The molecule has 1 aliphatic carbocycles. The molecular weight excluding hydrogens is 314 g/mol. The van der Waals surface area contributed by atoms with Gasteiger partial charge in [0.15, 0.2) is 0 Å². The Kier molecular flexibility index (Phi) is 3.30. The van der Waals surface area contributed by atoms with Crippen LogP contribution in [0.1, 0.15) is 43.3 Å². The van der Waals surface area contributed by atoms with E-state index in [0.29, 0.717) is 0 Å². The molecule has 2 aromatic rings. The van der Waals surface area contributed by atoms with Crippen molar-refractivity contribution in [1.29, 1.82) is 0 Å². The Hall–Kier alpha value is -1.06. The predicted molar refractivity (Wildman–Crippen MR) is 85.3 cm³/mol. The Morgan fingerprint density at radius 1 is 1.30 bits per heavy atom. The summed E-state index contributed by atoms with van der Waals surface area (Å²) in [4.78, 5) is 0. The van der Waals surface area contributed by atoms with Gasteiger partial charge in [-0.1, -0.05) is 35.8 Å². The maximum Gasteiger partial charge on any atom is 0.0812 e. The molecule has 0 aliphatic heterocycles. The van der Waals surface area contributed by atoms with Crippen LogP contribution in [0.15, 0.2) is 34.8 Å². The summed E-state index contributed by atoms with van der Waals surface area (Å²) in [5.41, 5.74) is 4.83. The Balaban J connectivity index is 2.19. The number of fused-ring (bicyclic) bond motifs is 1. The smallest absolute Gasteiger partial charge is 0.0812 e. The number of halogens is 1. The highest BCUT2D eigenvalue weighted by atomic mass is 79.9. The lowest BCUT2D eigenvalue weighted by Crippen LogP contribution is -2.26. The van der Waals surface area contributed by atoms with Gasteiger partial charge in [-0.15, -0.1) is 0 Å². The van der Waals surface area contributed by atoms with E-state index in [1.807, 2.05) is 6.07 Å². The van der Waals surface area contributed by atoms with E-state index in [9.17, 15) is 5.11 Å². The fourth-order valence-corrected chi connectivity index (χ4v) is 3.71. The summed E-state index contributed by atoms with van der Waals surface area (Å²) in [5, 5.41) is 10.4. The third-order valence-electron chi connectivity index (χ3n) is 4.14. The van der Waals surface area contributed by atoms with Crippen LogP contribution in [-0.4, -0.2) is 9.67 Å². The molecular formula is C17H20BrNO. The highest BCUT2D eigenvalue weighted by Gasteiger charge is 2.34. The quantitative estimate of drug-likeness (QED) is 0.813. The van der Waals surface area contributed by atoms with Gasteiger partial charge in [-0.3, -0.25) is 0 Å². The molecule has 0 spiro atoms. The van der Waals surface area contributed by atoms with E-state index in [0.717, 1.165) is 28.6 Å². The highest BCUT2D eigenvalue weighted by molar-refractivity contribution is 9.10. The van der Waals surface area contributed by atoms with E-state index in [1.165, 1.54) is 11.4 Å². The van der Waals surface area contributed by atoms with Gasteiger partial charge in [-0.25, -0.2) is 0 Å². The van der Waals surface area contributed by atoms with Crippen LogP contribution in [0, 0.1) is 12.3 Å². The minimum absolute atomic E-state index is 0.140. The largest absolute Gasteiger partial charge is 0.388 e. The van der Waals surface area contributed by atoms with Crippen molar-refractivity contribution < 1.29 is 5.11 Å². The van der Waals surface area contributed by atoms with E-state index in [1.54, 1.807) is 0 Å². The zero-order valence-corrected chi connectivity index (χ0v) is 13.7. The average Bonchev–Trinajstić information content (AvgIpc) is 2.64. The van der Waals surface area contributed by atoms with Gasteiger partial charge in [0.05, 0.1) is 6.10 Å². The molecule has 0 amide bonds. The summed E-state index contributed by atoms with van der Waals surface area (Å²) in [6.07, 6.45) is 1.49. The third-order valence-corrected chi connectivity index (χ3v) is 4.63. The fraction of sp³-hybridized carbons (Fsp3) is 0.412.